The van der Waals surface area contributed by atoms with Crippen LogP contribution in [0.3, 0.4) is 0 Å². The van der Waals surface area contributed by atoms with Crippen molar-refractivity contribution >= 4 is 18.1 Å². The predicted molar refractivity (Wildman–Crippen MR) is 76.1 cm³/mol. The summed E-state index contributed by atoms with van der Waals surface area (Å²) in [7, 11) is 1.64. The van der Waals surface area contributed by atoms with Crippen molar-refractivity contribution in [3.63, 3.8) is 0 Å². The molecule has 2 aromatic rings. The van der Waals surface area contributed by atoms with Gasteiger partial charge in [-0.05, 0) is 24.3 Å². The maximum absolute atomic E-state index is 12.3. The van der Waals surface area contributed by atoms with Gasteiger partial charge in [-0.15, -0.1) is 0 Å². The number of aromatic nitrogens is 1. The van der Waals surface area contributed by atoms with Gasteiger partial charge >= 0.3 is 6.03 Å². The Hall–Kier alpha value is -2.69. The first-order valence-corrected chi connectivity index (χ1v) is 6.17. The molecule has 102 valence electrons. The van der Waals surface area contributed by atoms with E-state index in [0.29, 0.717) is 18.6 Å². The van der Waals surface area contributed by atoms with Crippen LogP contribution in [0.5, 0.6) is 0 Å². The topological polar surface area (TPSA) is 53.5 Å². The van der Waals surface area contributed by atoms with Crippen LogP contribution in [0.25, 0.3) is 0 Å². The fraction of sp³-hybridized carbons (Fsp3) is 0.133. The van der Waals surface area contributed by atoms with E-state index in [4.69, 9.17) is 0 Å². The van der Waals surface area contributed by atoms with E-state index < -0.39 is 6.03 Å². The van der Waals surface area contributed by atoms with Gasteiger partial charge in [0.15, 0.2) is 0 Å². The number of hydrogen-bond acceptors (Lipinski definition) is 3. The maximum Gasteiger partial charge on any atom is 0.331 e. The van der Waals surface area contributed by atoms with Crippen LogP contribution in [0.15, 0.2) is 54.7 Å². The first-order valence-electron chi connectivity index (χ1n) is 6.17. The highest BCUT2D eigenvalue weighted by molar-refractivity contribution is 6.05. The second-order valence-corrected chi connectivity index (χ2v) is 4.27. The zero-order chi connectivity index (χ0) is 14.4. The standard InChI is InChI=1S/C15H15N3O2/c1-17(11-13-7-5-6-10-16-13)15(20)18(12-19)14-8-3-2-4-9-14/h2-10,12H,11H2,1H3. The van der Waals surface area contributed by atoms with Crippen LogP contribution in [0.2, 0.25) is 0 Å². The lowest BCUT2D eigenvalue weighted by molar-refractivity contribution is -0.107. The molecule has 0 aliphatic rings. The third kappa shape index (κ3) is 3.20. The van der Waals surface area contributed by atoms with E-state index >= 15 is 0 Å². The predicted octanol–water partition coefficient (Wildman–Crippen LogP) is 2.30. The lowest BCUT2D eigenvalue weighted by atomic mass is 10.3. The molecule has 1 aromatic carbocycles. The summed E-state index contributed by atoms with van der Waals surface area (Å²) in [5.41, 5.74) is 1.31. The van der Waals surface area contributed by atoms with E-state index in [1.165, 1.54) is 4.90 Å². The van der Waals surface area contributed by atoms with E-state index in [0.717, 1.165) is 10.6 Å². The Bertz CT molecular complexity index is 572. The van der Waals surface area contributed by atoms with Crippen LogP contribution in [0, 0.1) is 0 Å². The molecule has 0 aliphatic carbocycles. The minimum atomic E-state index is -0.392. The smallest absolute Gasteiger partial charge is 0.321 e. The Morgan fingerprint density at radius 1 is 1.15 bits per heavy atom. The maximum atomic E-state index is 12.3. The number of carbonyl (C=O) groups excluding carboxylic acids is 2. The first kappa shape index (κ1) is 13.7. The summed E-state index contributed by atoms with van der Waals surface area (Å²) in [5, 5.41) is 0. The van der Waals surface area contributed by atoms with Gasteiger partial charge in [-0.1, -0.05) is 24.3 Å². The Morgan fingerprint density at radius 2 is 1.85 bits per heavy atom. The fourth-order valence-electron chi connectivity index (χ4n) is 1.79. The third-order valence-corrected chi connectivity index (χ3v) is 2.80. The lowest BCUT2D eigenvalue weighted by Gasteiger charge is -2.23. The van der Waals surface area contributed by atoms with Crippen LogP contribution < -0.4 is 4.90 Å². The highest BCUT2D eigenvalue weighted by atomic mass is 16.2. The van der Waals surface area contributed by atoms with Crippen molar-refractivity contribution in [3.05, 3.63) is 60.4 Å². The summed E-state index contributed by atoms with van der Waals surface area (Å²) < 4.78 is 0. The van der Waals surface area contributed by atoms with Gasteiger partial charge in [0.25, 0.3) is 0 Å². The van der Waals surface area contributed by atoms with E-state index in [1.54, 1.807) is 37.5 Å². The lowest BCUT2D eigenvalue weighted by Crippen LogP contribution is -2.40. The molecule has 5 nitrogen and oxygen atoms in total. The molecule has 0 saturated heterocycles. The number of nitrogens with zero attached hydrogens (tertiary/aromatic N) is 3. The highest BCUT2D eigenvalue weighted by Crippen LogP contribution is 2.14. The number of anilines is 1. The molecule has 0 spiro atoms. The van der Waals surface area contributed by atoms with Gasteiger partial charge < -0.3 is 4.90 Å². The molecule has 0 radical (unpaired) electrons. The van der Waals surface area contributed by atoms with Crippen LogP contribution in [-0.4, -0.2) is 29.4 Å². The molecule has 20 heavy (non-hydrogen) atoms. The number of pyridine rings is 1. The van der Waals surface area contributed by atoms with Gasteiger partial charge in [-0.25, -0.2) is 9.69 Å². The number of rotatable bonds is 4. The molecule has 0 bridgehead atoms. The van der Waals surface area contributed by atoms with Crippen LogP contribution in [-0.2, 0) is 11.3 Å². The summed E-state index contributed by atoms with van der Waals surface area (Å²) in [4.78, 5) is 30.1. The average Bonchev–Trinajstić information content (AvgIpc) is 2.50. The summed E-state index contributed by atoms with van der Waals surface area (Å²) in [5.74, 6) is 0. The summed E-state index contributed by atoms with van der Waals surface area (Å²) in [6.07, 6.45) is 2.19. The number of imide groups is 1. The average molecular weight is 269 g/mol. The van der Waals surface area contributed by atoms with E-state index in [-0.39, 0.29) is 0 Å². The molecule has 0 fully saturated rings. The quantitative estimate of drug-likeness (QED) is 0.800. The zero-order valence-electron chi connectivity index (χ0n) is 11.1. The molecular formula is C15H15N3O2. The first-order chi connectivity index (χ1) is 9.72. The van der Waals surface area contributed by atoms with Gasteiger partial charge in [0.2, 0.25) is 6.41 Å². The minimum Gasteiger partial charge on any atom is -0.321 e. The molecule has 0 N–H and O–H groups in total. The summed E-state index contributed by atoms with van der Waals surface area (Å²) in [6.45, 7) is 0.344. The summed E-state index contributed by atoms with van der Waals surface area (Å²) >= 11 is 0. The highest BCUT2D eigenvalue weighted by Gasteiger charge is 2.19. The largest absolute Gasteiger partial charge is 0.331 e. The van der Waals surface area contributed by atoms with Crippen molar-refractivity contribution < 1.29 is 9.59 Å². The van der Waals surface area contributed by atoms with Crippen molar-refractivity contribution in [1.82, 2.24) is 9.88 Å². The summed E-state index contributed by atoms with van der Waals surface area (Å²) in [6, 6.07) is 13.9. The van der Waals surface area contributed by atoms with Gasteiger partial charge in [0, 0.05) is 13.2 Å². The van der Waals surface area contributed by atoms with Gasteiger partial charge in [0.1, 0.15) is 0 Å². The Morgan fingerprint density at radius 3 is 2.45 bits per heavy atom. The molecule has 0 unspecified atom stereocenters. The molecule has 1 aromatic heterocycles. The van der Waals surface area contributed by atoms with E-state index in [9.17, 15) is 9.59 Å². The molecule has 2 rings (SSSR count). The van der Waals surface area contributed by atoms with Crippen LogP contribution in [0.4, 0.5) is 10.5 Å². The number of urea groups is 1. The molecule has 5 heteroatoms. The minimum absolute atomic E-state index is 0.344. The number of carbonyl (C=O) groups is 2. The Kier molecular flexibility index (Phi) is 4.44. The second kappa shape index (κ2) is 6.47. The van der Waals surface area contributed by atoms with Gasteiger partial charge in [-0.3, -0.25) is 9.78 Å². The Balaban J connectivity index is 2.11. The van der Waals surface area contributed by atoms with Crippen molar-refractivity contribution in [2.45, 2.75) is 6.54 Å². The molecule has 0 saturated carbocycles. The van der Waals surface area contributed by atoms with Crippen molar-refractivity contribution in [2.24, 2.45) is 0 Å². The van der Waals surface area contributed by atoms with Crippen molar-refractivity contribution in [2.75, 3.05) is 11.9 Å². The van der Waals surface area contributed by atoms with Crippen LogP contribution >= 0.6 is 0 Å². The monoisotopic (exact) mass is 269 g/mol. The zero-order valence-corrected chi connectivity index (χ0v) is 11.1. The molecule has 3 amide bonds. The normalized spacial score (nSPS) is 9.85. The molecule has 1 heterocycles. The van der Waals surface area contributed by atoms with Crippen molar-refractivity contribution in [1.29, 1.82) is 0 Å². The number of hydrogen-bond donors (Lipinski definition) is 0. The molecule has 0 aliphatic heterocycles. The molecule has 0 atom stereocenters. The second-order valence-electron chi connectivity index (χ2n) is 4.27. The Labute approximate surface area is 117 Å². The fourth-order valence-corrected chi connectivity index (χ4v) is 1.79. The number of para-hydroxylation sites is 1. The van der Waals surface area contributed by atoms with E-state index in [1.807, 2.05) is 24.3 Å². The molecular weight excluding hydrogens is 254 g/mol. The third-order valence-electron chi connectivity index (χ3n) is 2.80. The van der Waals surface area contributed by atoms with E-state index in [2.05, 4.69) is 4.98 Å². The number of benzene rings is 1. The SMILES string of the molecule is CN(Cc1ccccn1)C(=O)N(C=O)c1ccccc1. The van der Waals surface area contributed by atoms with Gasteiger partial charge in [-0.2, -0.15) is 0 Å². The number of amides is 3. The van der Waals surface area contributed by atoms with Crippen molar-refractivity contribution in [3.8, 4) is 0 Å². The van der Waals surface area contributed by atoms with Crippen LogP contribution in [0.1, 0.15) is 5.69 Å². The van der Waals surface area contributed by atoms with Gasteiger partial charge in [0.05, 0.1) is 17.9 Å².